The van der Waals surface area contributed by atoms with E-state index in [1.54, 1.807) is 7.11 Å². The fraction of sp³-hybridized carbons (Fsp3) is 0.417. The predicted molar refractivity (Wildman–Crippen MR) is 59.7 cm³/mol. The van der Waals surface area contributed by atoms with Gasteiger partial charge in [0, 0.05) is 19.0 Å². The van der Waals surface area contributed by atoms with Gasteiger partial charge in [0.25, 0.3) is 0 Å². The first-order valence-electron chi connectivity index (χ1n) is 5.30. The summed E-state index contributed by atoms with van der Waals surface area (Å²) >= 11 is 0. The Kier molecular flexibility index (Phi) is 3.10. The number of carboxylic acids is 1. The molecule has 0 aliphatic carbocycles. The van der Waals surface area contributed by atoms with Gasteiger partial charge in [-0.3, -0.25) is 4.79 Å². The van der Waals surface area contributed by atoms with Crippen molar-refractivity contribution in [2.24, 2.45) is 5.92 Å². The minimum Gasteiger partial charge on any atom is -0.497 e. The molecule has 0 bridgehead atoms. The van der Waals surface area contributed by atoms with Crippen molar-refractivity contribution in [2.45, 2.75) is 5.92 Å². The highest BCUT2D eigenvalue weighted by molar-refractivity contribution is 5.72. The van der Waals surface area contributed by atoms with Crippen molar-refractivity contribution in [3.63, 3.8) is 0 Å². The number of nitrogens with one attached hydrogen (secondary N) is 1. The third kappa shape index (κ3) is 2.02. The molecule has 2 rings (SSSR count). The topological polar surface area (TPSA) is 58.6 Å². The minimum atomic E-state index is -0.738. The summed E-state index contributed by atoms with van der Waals surface area (Å²) in [4.78, 5) is 11.1. The highest BCUT2D eigenvalue weighted by Crippen LogP contribution is 2.30. The summed E-state index contributed by atoms with van der Waals surface area (Å²) in [7, 11) is 1.61. The summed E-state index contributed by atoms with van der Waals surface area (Å²) in [5.74, 6) is -0.272. The van der Waals surface area contributed by atoms with Crippen LogP contribution in [0.3, 0.4) is 0 Å². The number of carboxylic acid groups (broad SMARTS) is 1. The number of ether oxygens (including phenoxy) is 1. The molecule has 86 valence electrons. The highest BCUT2D eigenvalue weighted by atomic mass is 16.5. The largest absolute Gasteiger partial charge is 0.497 e. The fourth-order valence-corrected chi connectivity index (χ4v) is 2.16. The quantitative estimate of drug-likeness (QED) is 0.802. The molecule has 4 nitrogen and oxygen atoms in total. The van der Waals surface area contributed by atoms with Crippen LogP contribution in [0.15, 0.2) is 24.3 Å². The van der Waals surface area contributed by atoms with E-state index >= 15 is 0 Å². The Balaban J connectivity index is 2.25. The molecule has 4 heteroatoms. The molecule has 0 spiro atoms. The number of hydrogen-bond donors (Lipinski definition) is 2. The summed E-state index contributed by atoms with van der Waals surface area (Å²) in [5.41, 5.74) is 1.02. The molecular weight excluding hydrogens is 206 g/mol. The standard InChI is InChI=1S/C12H15NO3/c1-16-9-4-2-3-8(5-9)10-6-13-7-11(10)12(14)15/h2-5,10-11,13H,6-7H2,1H3,(H,14,15). The van der Waals surface area contributed by atoms with E-state index in [0.717, 1.165) is 11.3 Å². The molecule has 2 unspecified atom stereocenters. The second kappa shape index (κ2) is 4.53. The third-order valence-electron chi connectivity index (χ3n) is 3.05. The molecule has 0 amide bonds. The number of aliphatic carboxylic acids is 1. The van der Waals surface area contributed by atoms with Crippen molar-refractivity contribution in [2.75, 3.05) is 20.2 Å². The second-order valence-corrected chi connectivity index (χ2v) is 3.99. The summed E-state index contributed by atoms with van der Waals surface area (Å²) in [6.45, 7) is 1.25. The molecule has 1 aromatic carbocycles. The van der Waals surface area contributed by atoms with Crippen LogP contribution in [0.1, 0.15) is 11.5 Å². The van der Waals surface area contributed by atoms with Crippen LogP contribution < -0.4 is 10.1 Å². The van der Waals surface area contributed by atoms with E-state index in [9.17, 15) is 4.79 Å². The van der Waals surface area contributed by atoms with Crippen LogP contribution in [-0.2, 0) is 4.79 Å². The Labute approximate surface area is 94.2 Å². The van der Waals surface area contributed by atoms with Gasteiger partial charge in [-0.25, -0.2) is 0 Å². The third-order valence-corrected chi connectivity index (χ3v) is 3.05. The molecule has 1 fully saturated rings. The van der Waals surface area contributed by atoms with Gasteiger partial charge >= 0.3 is 5.97 Å². The molecule has 0 aromatic heterocycles. The van der Waals surface area contributed by atoms with Crippen LogP contribution in [-0.4, -0.2) is 31.3 Å². The average molecular weight is 221 g/mol. The van der Waals surface area contributed by atoms with Gasteiger partial charge in [-0.15, -0.1) is 0 Å². The molecule has 1 aromatic rings. The van der Waals surface area contributed by atoms with Gasteiger partial charge in [0.15, 0.2) is 0 Å². The zero-order chi connectivity index (χ0) is 11.5. The Morgan fingerprint density at radius 2 is 2.31 bits per heavy atom. The predicted octanol–water partition coefficient (Wildman–Crippen LogP) is 1.08. The van der Waals surface area contributed by atoms with Gasteiger partial charge in [-0.2, -0.15) is 0 Å². The first-order chi connectivity index (χ1) is 7.72. The van der Waals surface area contributed by atoms with E-state index in [1.807, 2.05) is 24.3 Å². The Hall–Kier alpha value is -1.55. The lowest BCUT2D eigenvalue weighted by Gasteiger charge is -2.15. The van der Waals surface area contributed by atoms with Crippen LogP contribution in [0.4, 0.5) is 0 Å². The lowest BCUT2D eigenvalue weighted by Crippen LogP contribution is -2.20. The van der Waals surface area contributed by atoms with Crippen molar-refractivity contribution >= 4 is 5.97 Å². The summed E-state index contributed by atoms with van der Waals surface area (Å²) in [5, 5.41) is 12.2. The average Bonchev–Trinajstić information content (AvgIpc) is 2.78. The zero-order valence-electron chi connectivity index (χ0n) is 9.14. The Bertz CT molecular complexity index is 392. The van der Waals surface area contributed by atoms with Gasteiger partial charge in [0.2, 0.25) is 0 Å². The number of hydrogen-bond acceptors (Lipinski definition) is 3. The van der Waals surface area contributed by atoms with E-state index in [-0.39, 0.29) is 11.8 Å². The van der Waals surface area contributed by atoms with Gasteiger partial charge in [0.1, 0.15) is 5.75 Å². The van der Waals surface area contributed by atoms with Gasteiger partial charge < -0.3 is 15.2 Å². The summed E-state index contributed by atoms with van der Waals surface area (Å²) < 4.78 is 5.14. The normalized spacial score (nSPS) is 24.3. The molecule has 0 saturated carbocycles. The van der Waals surface area contributed by atoms with Crippen LogP contribution in [0.25, 0.3) is 0 Å². The molecule has 16 heavy (non-hydrogen) atoms. The smallest absolute Gasteiger partial charge is 0.308 e. The SMILES string of the molecule is COc1cccc(C2CNCC2C(=O)O)c1. The Morgan fingerprint density at radius 1 is 1.50 bits per heavy atom. The van der Waals surface area contributed by atoms with Gasteiger partial charge in [-0.1, -0.05) is 12.1 Å². The van der Waals surface area contributed by atoms with Gasteiger partial charge in [-0.05, 0) is 17.7 Å². The monoisotopic (exact) mass is 221 g/mol. The van der Waals surface area contributed by atoms with Crippen molar-refractivity contribution < 1.29 is 14.6 Å². The molecule has 2 N–H and O–H groups in total. The van der Waals surface area contributed by atoms with Crippen LogP contribution in [0, 0.1) is 5.92 Å². The van der Waals surface area contributed by atoms with Crippen molar-refractivity contribution in [3.05, 3.63) is 29.8 Å². The minimum absolute atomic E-state index is 0.0348. The zero-order valence-corrected chi connectivity index (χ0v) is 9.14. The maximum atomic E-state index is 11.1. The maximum absolute atomic E-state index is 11.1. The lowest BCUT2D eigenvalue weighted by atomic mass is 9.89. The van der Waals surface area contributed by atoms with Gasteiger partial charge in [0.05, 0.1) is 13.0 Å². The summed E-state index contributed by atoms with van der Waals surface area (Å²) in [6.07, 6.45) is 0. The van der Waals surface area contributed by atoms with E-state index in [4.69, 9.17) is 9.84 Å². The van der Waals surface area contributed by atoms with Crippen molar-refractivity contribution in [1.29, 1.82) is 0 Å². The molecule has 1 saturated heterocycles. The molecule has 1 aliphatic heterocycles. The van der Waals surface area contributed by atoms with Crippen LogP contribution in [0.2, 0.25) is 0 Å². The highest BCUT2D eigenvalue weighted by Gasteiger charge is 2.33. The lowest BCUT2D eigenvalue weighted by molar-refractivity contribution is -0.141. The number of carbonyl (C=O) groups is 1. The molecule has 1 aliphatic rings. The van der Waals surface area contributed by atoms with E-state index in [0.29, 0.717) is 13.1 Å². The maximum Gasteiger partial charge on any atom is 0.308 e. The number of methoxy groups -OCH3 is 1. The molecule has 2 atom stereocenters. The van der Waals surface area contributed by atoms with Crippen molar-refractivity contribution in [3.8, 4) is 5.75 Å². The first-order valence-corrected chi connectivity index (χ1v) is 5.30. The van der Waals surface area contributed by atoms with E-state index < -0.39 is 5.97 Å². The van der Waals surface area contributed by atoms with Crippen LogP contribution >= 0.6 is 0 Å². The molecule has 0 radical (unpaired) electrons. The fourth-order valence-electron chi connectivity index (χ4n) is 2.16. The van der Waals surface area contributed by atoms with E-state index in [1.165, 1.54) is 0 Å². The summed E-state index contributed by atoms with van der Waals surface area (Å²) in [6, 6.07) is 7.62. The molecular formula is C12H15NO3. The Morgan fingerprint density at radius 3 is 3.00 bits per heavy atom. The van der Waals surface area contributed by atoms with E-state index in [2.05, 4.69) is 5.32 Å². The number of benzene rings is 1. The van der Waals surface area contributed by atoms with Crippen molar-refractivity contribution in [1.82, 2.24) is 5.32 Å². The van der Waals surface area contributed by atoms with Crippen LogP contribution in [0.5, 0.6) is 5.75 Å². The molecule has 1 heterocycles. The first kappa shape index (κ1) is 11.0. The number of rotatable bonds is 3. The second-order valence-electron chi connectivity index (χ2n) is 3.99.